The van der Waals surface area contributed by atoms with Gasteiger partial charge in [0, 0.05) is 5.69 Å². The fourth-order valence-electron chi connectivity index (χ4n) is 0.930. The molecule has 5 heteroatoms. The van der Waals surface area contributed by atoms with Gasteiger partial charge in [-0.05, 0) is 24.6 Å². The highest BCUT2D eigenvalue weighted by Gasteiger charge is 2.00. The number of anilines is 1. The maximum absolute atomic E-state index is 10.3. The van der Waals surface area contributed by atoms with E-state index in [1.54, 1.807) is 31.2 Å². The molecular formula is C8H11NO3S. The quantitative estimate of drug-likeness (QED) is 0.645. The van der Waals surface area contributed by atoms with E-state index in [4.69, 9.17) is 9.66 Å². The molecule has 0 saturated heterocycles. The monoisotopic (exact) mass is 201 g/mol. The first-order chi connectivity index (χ1) is 6.09. The SMILES string of the molecule is CC(O)c1ccc(NS(=O)O)cc1. The molecule has 0 saturated carbocycles. The lowest BCUT2D eigenvalue weighted by Crippen LogP contribution is -2.01. The van der Waals surface area contributed by atoms with Crippen LogP contribution < -0.4 is 4.72 Å². The van der Waals surface area contributed by atoms with Crippen LogP contribution in [0.3, 0.4) is 0 Å². The highest BCUT2D eigenvalue weighted by Crippen LogP contribution is 2.15. The molecule has 4 nitrogen and oxygen atoms in total. The summed E-state index contributed by atoms with van der Waals surface area (Å²) in [5.74, 6) is 0. The van der Waals surface area contributed by atoms with Crippen LogP contribution in [0.2, 0.25) is 0 Å². The van der Waals surface area contributed by atoms with Gasteiger partial charge >= 0.3 is 0 Å². The molecule has 0 bridgehead atoms. The summed E-state index contributed by atoms with van der Waals surface area (Å²) in [5.41, 5.74) is 1.32. The van der Waals surface area contributed by atoms with Crippen molar-refractivity contribution in [1.29, 1.82) is 0 Å². The van der Waals surface area contributed by atoms with Gasteiger partial charge in [-0.3, -0.25) is 9.27 Å². The summed E-state index contributed by atoms with van der Waals surface area (Å²) >= 11 is -2.05. The minimum Gasteiger partial charge on any atom is -0.389 e. The molecule has 2 atom stereocenters. The van der Waals surface area contributed by atoms with Crippen molar-refractivity contribution in [3.05, 3.63) is 29.8 Å². The normalized spacial score (nSPS) is 15.0. The van der Waals surface area contributed by atoms with E-state index in [1.165, 1.54) is 0 Å². The Morgan fingerprint density at radius 1 is 1.38 bits per heavy atom. The Kier molecular flexibility index (Phi) is 3.41. The van der Waals surface area contributed by atoms with Crippen LogP contribution in [-0.2, 0) is 11.3 Å². The predicted octanol–water partition coefficient (Wildman–Crippen LogP) is 1.29. The van der Waals surface area contributed by atoms with E-state index in [0.29, 0.717) is 5.69 Å². The number of aliphatic hydroxyl groups excluding tert-OH is 1. The summed E-state index contributed by atoms with van der Waals surface area (Å²) in [5, 5.41) is 9.17. The number of aliphatic hydroxyl groups is 1. The second-order valence-corrected chi connectivity index (χ2v) is 3.35. The highest BCUT2D eigenvalue weighted by atomic mass is 32.2. The summed E-state index contributed by atoms with van der Waals surface area (Å²) < 4.78 is 21.2. The number of nitrogens with one attached hydrogen (secondary N) is 1. The first kappa shape index (κ1) is 10.2. The smallest absolute Gasteiger partial charge is 0.259 e. The van der Waals surface area contributed by atoms with E-state index in [9.17, 15) is 4.21 Å². The molecule has 2 unspecified atom stereocenters. The van der Waals surface area contributed by atoms with Crippen molar-refractivity contribution in [2.45, 2.75) is 13.0 Å². The third-order valence-corrected chi connectivity index (χ3v) is 2.01. The van der Waals surface area contributed by atoms with Gasteiger partial charge in [-0.25, -0.2) is 4.21 Å². The minimum absolute atomic E-state index is 0.520. The Hall–Kier alpha value is -0.910. The molecule has 0 spiro atoms. The number of hydrogen-bond acceptors (Lipinski definition) is 2. The Morgan fingerprint density at radius 2 is 1.92 bits per heavy atom. The molecule has 0 radical (unpaired) electrons. The van der Waals surface area contributed by atoms with Crippen LogP contribution in [0.1, 0.15) is 18.6 Å². The topological polar surface area (TPSA) is 69.6 Å². The van der Waals surface area contributed by atoms with Crippen LogP contribution in [0.5, 0.6) is 0 Å². The predicted molar refractivity (Wildman–Crippen MR) is 51.5 cm³/mol. The molecule has 1 rings (SSSR count). The summed E-state index contributed by atoms with van der Waals surface area (Å²) in [6.07, 6.45) is -0.520. The van der Waals surface area contributed by atoms with Gasteiger partial charge in [-0.2, -0.15) is 0 Å². The maximum atomic E-state index is 10.3. The van der Waals surface area contributed by atoms with E-state index in [2.05, 4.69) is 4.72 Å². The zero-order valence-electron chi connectivity index (χ0n) is 7.10. The lowest BCUT2D eigenvalue weighted by molar-refractivity contribution is 0.199. The largest absolute Gasteiger partial charge is 0.389 e. The number of hydrogen-bond donors (Lipinski definition) is 3. The van der Waals surface area contributed by atoms with E-state index in [0.717, 1.165) is 5.56 Å². The van der Waals surface area contributed by atoms with E-state index >= 15 is 0 Å². The molecule has 1 aromatic rings. The first-order valence-electron chi connectivity index (χ1n) is 3.75. The Bertz CT molecular complexity index is 297. The van der Waals surface area contributed by atoms with Crippen LogP contribution in [0.15, 0.2) is 24.3 Å². The molecule has 72 valence electrons. The van der Waals surface area contributed by atoms with E-state index < -0.39 is 17.4 Å². The lowest BCUT2D eigenvalue weighted by atomic mass is 10.1. The van der Waals surface area contributed by atoms with Crippen molar-refractivity contribution in [3.63, 3.8) is 0 Å². The van der Waals surface area contributed by atoms with Crippen molar-refractivity contribution in [2.24, 2.45) is 0 Å². The van der Waals surface area contributed by atoms with Crippen molar-refractivity contribution in [2.75, 3.05) is 4.72 Å². The summed E-state index contributed by atoms with van der Waals surface area (Å²) in [6.45, 7) is 1.66. The molecule has 0 amide bonds. The van der Waals surface area contributed by atoms with Crippen LogP contribution in [0, 0.1) is 0 Å². The molecule has 0 aliphatic carbocycles. The van der Waals surface area contributed by atoms with Gasteiger partial charge in [-0.1, -0.05) is 12.1 Å². The minimum atomic E-state index is -2.05. The summed E-state index contributed by atoms with van der Waals surface area (Å²) in [4.78, 5) is 0. The molecule has 3 N–H and O–H groups in total. The van der Waals surface area contributed by atoms with Crippen molar-refractivity contribution in [1.82, 2.24) is 0 Å². The maximum Gasteiger partial charge on any atom is 0.259 e. The number of rotatable bonds is 3. The van der Waals surface area contributed by atoms with Crippen LogP contribution in [0.4, 0.5) is 5.69 Å². The average Bonchev–Trinajstić information content (AvgIpc) is 2.04. The van der Waals surface area contributed by atoms with Crippen molar-refractivity contribution in [3.8, 4) is 0 Å². The Balaban J connectivity index is 2.75. The van der Waals surface area contributed by atoms with Crippen LogP contribution in [-0.4, -0.2) is 13.9 Å². The van der Waals surface area contributed by atoms with Gasteiger partial charge < -0.3 is 5.11 Å². The summed E-state index contributed by atoms with van der Waals surface area (Å²) in [7, 11) is 0. The van der Waals surface area contributed by atoms with Gasteiger partial charge in [0.2, 0.25) is 0 Å². The van der Waals surface area contributed by atoms with E-state index in [1.807, 2.05) is 0 Å². The molecule has 0 fully saturated rings. The van der Waals surface area contributed by atoms with Gasteiger partial charge in [0.15, 0.2) is 0 Å². The molecule has 0 aliphatic rings. The highest BCUT2D eigenvalue weighted by molar-refractivity contribution is 7.80. The summed E-state index contributed by atoms with van der Waals surface area (Å²) in [6, 6.07) is 6.66. The van der Waals surface area contributed by atoms with E-state index in [-0.39, 0.29) is 0 Å². The lowest BCUT2D eigenvalue weighted by Gasteiger charge is -2.05. The molecule has 0 aliphatic heterocycles. The van der Waals surface area contributed by atoms with Crippen molar-refractivity contribution >= 4 is 17.0 Å². The second kappa shape index (κ2) is 4.36. The van der Waals surface area contributed by atoms with Crippen LogP contribution in [0.25, 0.3) is 0 Å². The Morgan fingerprint density at radius 3 is 2.31 bits per heavy atom. The van der Waals surface area contributed by atoms with Gasteiger partial charge in [0.25, 0.3) is 11.3 Å². The van der Waals surface area contributed by atoms with Gasteiger partial charge in [0.1, 0.15) is 0 Å². The third-order valence-electron chi connectivity index (χ3n) is 1.60. The third kappa shape index (κ3) is 3.14. The van der Waals surface area contributed by atoms with Crippen molar-refractivity contribution < 1.29 is 13.9 Å². The molecular weight excluding hydrogens is 190 g/mol. The first-order valence-corrected chi connectivity index (χ1v) is 4.86. The molecule has 0 heterocycles. The molecule has 1 aromatic carbocycles. The standard InChI is InChI=1S/C8H11NO3S/c1-6(10)7-2-4-8(5-3-7)9-13(11)12/h2-6,9-10H,1H3,(H,11,12). The van der Waals surface area contributed by atoms with Crippen LogP contribution >= 0.6 is 0 Å². The molecule has 13 heavy (non-hydrogen) atoms. The van der Waals surface area contributed by atoms with Gasteiger partial charge in [0.05, 0.1) is 6.10 Å². The Labute approximate surface area is 79.0 Å². The fourth-order valence-corrected chi connectivity index (χ4v) is 1.27. The van der Waals surface area contributed by atoms with Gasteiger partial charge in [-0.15, -0.1) is 0 Å². The zero-order chi connectivity index (χ0) is 9.84. The average molecular weight is 201 g/mol. The zero-order valence-corrected chi connectivity index (χ0v) is 7.91. The fraction of sp³-hybridized carbons (Fsp3) is 0.250. The molecule has 0 aromatic heterocycles. The second-order valence-electron chi connectivity index (χ2n) is 2.65. The number of benzene rings is 1.